The van der Waals surface area contributed by atoms with Crippen LogP contribution in [0.2, 0.25) is 0 Å². The van der Waals surface area contributed by atoms with Crippen molar-refractivity contribution in [3.63, 3.8) is 0 Å². The van der Waals surface area contributed by atoms with E-state index in [4.69, 9.17) is 9.47 Å². The number of esters is 1. The Labute approximate surface area is 156 Å². The zero-order valence-electron chi connectivity index (χ0n) is 17.0. The fraction of sp³-hybridized carbons (Fsp3) is 0.737. The van der Waals surface area contributed by atoms with E-state index in [1.54, 1.807) is 40.7 Å². The molecule has 0 rings (SSSR count). The number of carbonyl (C=O) groups excluding carboxylic acids is 3. The Kier molecular flexibility index (Phi) is 9.98. The lowest BCUT2D eigenvalue weighted by Gasteiger charge is -2.27. The Hall–Kier alpha value is -2.05. The second kappa shape index (κ2) is 10.8. The van der Waals surface area contributed by atoms with Crippen molar-refractivity contribution < 1.29 is 23.9 Å². The first-order chi connectivity index (χ1) is 11.9. The molecule has 7 heteroatoms. The predicted octanol–water partition coefficient (Wildman–Crippen LogP) is 2.80. The van der Waals surface area contributed by atoms with Crippen LogP contribution in [-0.2, 0) is 19.1 Å². The first kappa shape index (κ1) is 23.9. The van der Waals surface area contributed by atoms with E-state index in [0.717, 1.165) is 0 Å². The van der Waals surface area contributed by atoms with E-state index in [-0.39, 0.29) is 18.4 Å². The van der Waals surface area contributed by atoms with Gasteiger partial charge in [0.2, 0.25) is 5.91 Å². The van der Waals surface area contributed by atoms with Crippen LogP contribution < -0.4 is 10.6 Å². The molecule has 0 bridgehead atoms. The van der Waals surface area contributed by atoms with Gasteiger partial charge in [-0.1, -0.05) is 33.8 Å². The predicted molar refractivity (Wildman–Crippen MR) is 101 cm³/mol. The summed E-state index contributed by atoms with van der Waals surface area (Å²) in [6.45, 7) is 16.2. The minimum Gasteiger partial charge on any atom is -0.464 e. The van der Waals surface area contributed by atoms with Crippen LogP contribution in [-0.4, -0.2) is 42.3 Å². The van der Waals surface area contributed by atoms with Crippen molar-refractivity contribution in [2.24, 2.45) is 11.8 Å². The smallest absolute Gasteiger partial charge is 0.408 e. The molecule has 26 heavy (non-hydrogen) atoms. The van der Waals surface area contributed by atoms with Gasteiger partial charge in [-0.25, -0.2) is 9.59 Å². The van der Waals surface area contributed by atoms with Crippen LogP contribution in [0.5, 0.6) is 0 Å². The third-order valence-corrected chi connectivity index (χ3v) is 3.41. The van der Waals surface area contributed by atoms with Gasteiger partial charge in [-0.3, -0.25) is 4.79 Å². The third-order valence-electron chi connectivity index (χ3n) is 3.41. The van der Waals surface area contributed by atoms with Gasteiger partial charge in [0.05, 0.1) is 6.61 Å². The number of hydrogen-bond donors (Lipinski definition) is 2. The second-order valence-electron chi connectivity index (χ2n) is 7.84. The van der Waals surface area contributed by atoms with Crippen LogP contribution in [0.25, 0.3) is 0 Å². The maximum atomic E-state index is 12.6. The minimum atomic E-state index is -0.827. The largest absolute Gasteiger partial charge is 0.464 e. The third kappa shape index (κ3) is 9.44. The highest BCUT2D eigenvalue weighted by atomic mass is 16.6. The van der Waals surface area contributed by atoms with Crippen LogP contribution in [0.3, 0.4) is 0 Å². The zero-order valence-corrected chi connectivity index (χ0v) is 17.0. The van der Waals surface area contributed by atoms with Gasteiger partial charge in [-0.2, -0.15) is 0 Å². The molecule has 2 N–H and O–H groups in total. The van der Waals surface area contributed by atoms with Gasteiger partial charge in [0.1, 0.15) is 17.7 Å². The summed E-state index contributed by atoms with van der Waals surface area (Å²) in [6.07, 6.45) is 1.51. The van der Waals surface area contributed by atoms with E-state index >= 15 is 0 Å². The van der Waals surface area contributed by atoms with Crippen molar-refractivity contribution in [2.75, 3.05) is 6.61 Å². The Morgan fingerprint density at radius 2 is 1.54 bits per heavy atom. The number of ether oxygens (including phenoxy) is 2. The summed E-state index contributed by atoms with van der Waals surface area (Å²) in [7, 11) is 0. The SMILES string of the molecule is C=CCCOC(=O)[C@@H](NC(=O)[C@@H](NC(=O)OC(C)(C)C)C(C)C)C(C)C. The maximum absolute atomic E-state index is 12.6. The number of alkyl carbamates (subject to hydrolysis) is 1. The first-order valence-electron chi connectivity index (χ1n) is 8.96. The molecular formula is C19H34N2O5. The highest BCUT2D eigenvalue weighted by Crippen LogP contribution is 2.11. The number of carbonyl (C=O) groups is 3. The number of nitrogens with one attached hydrogen (secondary N) is 2. The van der Waals surface area contributed by atoms with Crippen molar-refractivity contribution in [1.82, 2.24) is 10.6 Å². The number of hydrogen-bond acceptors (Lipinski definition) is 5. The fourth-order valence-corrected chi connectivity index (χ4v) is 2.04. The Morgan fingerprint density at radius 3 is 1.96 bits per heavy atom. The molecule has 2 atom stereocenters. The summed E-state index contributed by atoms with van der Waals surface area (Å²) in [5.74, 6) is -1.31. The van der Waals surface area contributed by atoms with Crippen LogP contribution in [0.1, 0.15) is 54.9 Å². The van der Waals surface area contributed by atoms with Gasteiger partial charge in [-0.15, -0.1) is 6.58 Å². The van der Waals surface area contributed by atoms with Gasteiger partial charge in [0, 0.05) is 0 Å². The van der Waals surface area contributed by atoms with Crippen molar-refractivity contribution in [2.45, 2.75) is 72.6 Å². The maximum Gasteiger partial charge on any atom is 0.408 e. The lowest BCUT2D eigenvalue weighted by molar-refractivity contribution is -0.149. The van der Waals surface area contributed by atoms with Gasteiger partial charge in [0.25, 0.3) is 0 Å². The molecule has 0 unspecified atom stereocenters. The van der Waals surface area contributed by atoms with E-state index in [0.29, 0.717) is 6.42 Å². The Morgan fingerprint density at radius 1 is 1.00 bits per heavy atom. The minimum absolute atomic E-state index is 0.162. The van der Waals surface area contributed by atoms with Crippen molar-refractivity contribution in [3.8, 4) is 0 Å². The highest BCUT2D eigenvalue weighted by Gasteiger charge is 2.32. The summed E-state index contributed by atoms with van der Waals surface area (Å²) < 4.78 is 10.4. The molecule has 0 aliphatic heterocycles. The van der Waals surface area contributed by atoms with Gasteiger partial charge in [-0.05, 0) is 39.0 Å². The number of amides is 2. The molecular weight excluding hydrogens is 336 g/mol. The van der Waals surface area contributed by atoms with E-state index in [1.165, 1.54) is 0 Å². The Balaban J connectivity index is 5.00. The first-order valence-corrected chi connectivity index (χ1v) is 8.96. The molecule has 0 saturated heterocycles. The normalized spacial score (nSPS) is 13.7. The average molecular weight is 370 g/mol. The summed E-state index contributed by atoms with van der Waals surface area (Å²) >= 11 is 0. The van der Waals surface area contributed by atoms with E-state index in [9.17, 15) is 14.4 Å². The summed E-state index contributed by atoms with van der Waals surface area (Å²) in [6, 6.07) is -1.62. The van der Waals surface area contributed by atoms with Crippen LogP contribution in [0.4, 0.5) is 4.79 Å². The average Bonchev–Trinajstić information content (AvgIpc) is 2.47. The second-order valence-corrected chi connectivity index (χ2v) is 7.84. The molecule has 0 aromatic carbocycles. The molecule has 0 fully saturated rings. The molecule has 0 aliphatic rings. The van der Waals surface area contributed by atoms with E-state index < -0.39 is 35.7 Å². The topological polar surface area (TPSA) is 93.7 Å². The van der Waals surface area contributed by atoms with E-state index in [2.05, 4.69) is 17.2 Å². The molecule has 150 valence electrons. The van der Waals surface area contributed by atoms with E-state index in [1.807, 2.05) is 13.8 Å². The molecule has 0 spiro atoms. The molecule has 2 amide bonds. The lowest BCUT2D eigenvalue weighted by atomic mass is 10.0. The fourth-order valence-electron chi connectivity index (χ4n) is 2.04. The number of rotatable bonds is 9. The van der Waals surface area contributed by atoms with Gasteiger partial charge >= 0.3 is 12.1 Å². The summed E-state index contributed by atoms with van der Waals surface area (Å²) in [5.41, 5.74) is -0.669. The summed E-state index contributed by atoms with van der Waals surface area (Å²) in [4.78, 5) is 36.8. The molecule has 7 nitrogen and oxygen atoms in total. The standard InChI is InChI=1S/C19H34N2O5/c1-9-10-11-25-17(23)15(13(4)5)20-16(22)14(12(2)3)21-18(24)26-19(6,7)8/h9,12-15H,1,10-11H2,2-8H3,(H,20,22)(H,21,24)/t14-,15-/m0/s1. The molecule has 0 heterocycles. The molecule has 0 radical (unpaired) electrons. The highest BCUT2D eigenvalue weighted by molar-refractivity contribution is 5.90. The van der Waals surface area contributed by atoms with Crippen molar-refractivity contribution in [3.05, 3.63) is 12.7 Å². The van der Waals surface area contributed by atoms with Gasteiger partial charge in [0.15, 0.2) is 0 Å². The summed E-state index contributed by atoms with van der Waals surface area (Å²) in [5, 5.41) is 5.25. The molecule has 0 aromatic heterocycles. The monoisotopic (exact) mass is 370 g/mol. The van der Waals surface area contributed by atoms with Crippen LogP contribution >= 0.6 is 0 Å². The molecule has 0 aromatic rings. The molecule has 0 saturated carbocycles. The molecule has 0 aliphatic carbocycles. The Bertz CT molecular complexity index is 495. The van der Waals surface area contributed by atoms with Crippen LogP contribution in [0.15, 0.2) is 12.7 Å². The quantitative estimate of drug-likeness (QED) is 0.370. The lowest BCUT2D eigenvalue weighted by Crippen LogP contribution is -2.55. The van der Waals surface area contributed by atoms with Gasteiger partial charge < -0.3 is 20.1 Å². The van der Waals surface area contributed by atoms with Crippen molar-refractivity contribution in [1.29, 1.82) is 0 Å². The van der Waals surface area contributed by atoms with Crippen molar-refractivity contribution >= 4 is 18.0 Å². The zero-order chi connectivity index (χ0) is 20.5. The van der Waals surface area contributed by atoms with Crippen LogP contribution in [0, 0.1) is 11.8 Å².